The fraction of sp³-hybridized carbons (Fsp3) is 0.250. The summed E-state index contributed by atoms with van der Waals surface area (Å²) in [6.07, 6.45) is 0.530. The number of carboxylic acids is 1. The van der Waals surface area contributed by atoms with E-state index in [0.29, 0.717) is 12.0 Å². The van der Waals surface area contributed by atoms with Crippen LogP contribution in [0, 0.1) is 0 Å². The quantitative estimate of drug-likeness (QED) is 0.849. The molecule has 0 atom stereocenters. The van der Waals surface area contributed by atoms with Gasteiger partial charge in [0.15, 0.2) is 0 Å². The second kappa shape index (κ2) is 5.12. The molecule has 0 amide bonds. The van der Waals surface area contributed by atoms with Crippen LogP contribution in [0.4, 0.5) is 0 Å². The first-order chi connectivity index (χ1) is 7.07. The van der Waals surface area contributed by atoms with E-state index >= 15 is 0 Å². The number of hydrogen-bond acceptors (Lipinski definition) is 1. The second-order valence-electron chi connectivity index (χ2n) is 3.24. The van der Waals surface area contributed by atoms with Crippen molar-refractivity contribution in [2.45, 2.75) is 20.3 Å². The molecule has 0 bridgehead atoms. The molecule has 0 unspecified atom stereocenters. The molecule has 2 nitrogen and oxygen atoms in total. The molecule has 80 valence electrons. The number of rotatable bonds is 3. The molecular weight excluding hydrogens is 256 g/mol. The Bertz CT molecular complexity index is 408. The Morgan fingerprint density at radius 3 is 2.47 bits per heavy atom. The zero-order chi connectivity index (χ0) is 11.4. The van der Waals surface area contributed by atoms with Gasteiger partial charge < -0.3 is 5.11 Å². The molecule has 0 aliphatic carbocycles. The molecule has 0 aromatic heterocycles. The van der Waals surface area contributed by atoms with Crippen molar-refractivity contribution in [3.63, 3.8) is 0 Å². The summed E-state index contributed by atoms with van der Waals surface area (Å²) in [7, 11) is 0. The molecule has 0 aliphatic rings. The minimum atomic E-state index is -0.842. The summed E-state index contributed by atoms with van der Waals surface area (Å²) in [5, 5.41) is 9.02. The first-order valence-electron chi connectivity index (χ1n) is 4.75. The lowest BCUT2D eigenvalue weighted by atomic mass is 10.00. The molecule has 1 aromatic rings. The Balaban J connectivity index is 3.28. The van der Waals surface area contributed by atoms with E-state index in [1.165, 1.54) is 0 Å². The molecule has 0 radical (unpaired) electrons. The zero-order valence-corrected chi connectivity index (χ0v) is 10.3. The van der Waals surface area contributed by atoms with E-state index in [1.807, 2.05) is 38.1 Å². The predicted molar refractivity (Wildman–Crippen MR) is 64.7 cm³/mol. The van der Waals surface area contributed by atoms with Crippen LogP contribution in [0.3, 0.4) is 0 Å². The van der Waals surface area contributed by atoms with Gasteiger partial charge in [-0.2, -0.15) is 0 Å². The number of hydrogen-bond donors (Lipinski definition) is 1. The van der Waals surface area contributed by atoms with Gasteiger partial charge in [-0.3, -0.25) is 0 Å². The Labute approximate surface area is 97.8 Å². The summed E-state index contributed by atoms with van der Waals surface area (Å²) in [4.78, 5) is 11.0. The van der Waals surface area contributed by atoms with Gasteiger partial charge in [-0.05, 0) is 30.5 Å². The van der Waals surface area contributed by atoms with E-state index in [1.54, 1.807) is 0 Å². The highest BCUT2D eigenvalue weighted by atomic mass is 79.9. The van der Waals surface area contributed by atoms with Gasteiger partial charge in [-0.1, -0.05) is 41.1 Å². The lowest BCUT2D eigenvalue weighted by Crippen LogP contribution is -2.02. The van der Waals surface area contributed by atoms with Crippen LogP contribution in [0.15, 0.2) is 34.3 Å². The van der Waals surface area contributed by atoms with Gasteiger partial charge in [0.1, 0.15) is 0 Å². The van der Waals surface area contributed by atoms with Gasteiger partial charge in [0, 0.05) is 10.0 Å². The highest BCUT2D eigenvalue weighted by Gasteiger charge is 2.11. The molecule has 1 N–H and O–H groups in total. The van der Waals surface area contributed by atoms with Gasteiger partial charge >= 0.3 is 5.97 Å². The predicted octanol–water partition coefficient (Wildman–Crippen LogP) is 3.72. The second-order valence-corrected chi connectivity index (χ2v) is 4.10. The van der Waals surface area contributed by atoms with Crippen molar-refractivity contribution in [2.75, 3.05) is 0 Å². The molecule has 15 heavy (non-hydrogen) atoms. The van der Waals surface area contributed by atoms with Crippen LogP contribution in [0.25, 0.3) is 5.57 Å². The van der Waals surface area contributed by atoms with E-state index in [0.717, 1.165) is 15.6 Å². The fourth-order valence-electron chi connectivity index (χ4n) is 1.50. The summed E-state index contributed by atoms with van der Waals surface area (Å²) in [6.45, 7) is 3.69. The maximum atomic E-state index is 11.0. The van der Waals surface area contributed by atoms with Crippen LogP contribution in [-0.4, -0.2) is 11.1 Å². The average molecular weight is 269 g/mol. The first kappa shape index (κ1) is 12.0. The normalized spacial score (nSPS) is 12.2. The Kier molecular flexibility index (Phi) is 4.09. The first-order valence-corrected chi connectivity index (χ1v) is 5.55. The molecule has 0 saturated carbocycles. The summed E-state index contributed by atoms with van der Waals surface area (Å²) in [6, 6.07) is 7.64. The molecule has 0 fully saturated rings. The maximum absolute atomic E-state index is 11.0. The molecule has 1 aromatic carbocycles. The van der Waals surface area contributed by atoms with E-state index in [2.05, 4.69) is 15.9 Å². The zero-order valence-electron chi connectivity index (χ0n) is 8.75. The highest BCUT2D eigenvalue weighted by Crippen LogP contribution is 2.27. The summed E-state index contributed by atoms with van der Waals surface area (Å²) in [5.74, 6) is -0.842. The van der Waals surface area contributed by atoms with Crippen LogP contribution in [0.5, 0.6) is 0 Å². The number of carboxylic acid groups (broad SMARTS) is 1. The topological polar surface area (TPSA) is 37.3 Å². The Morgan fingerprint density at radius 1 is 1.40 bits per heavy atom. The minimum Gasteiger partial charge on any atom is -0.478 e. The van der Waals surface area contributed by atoms with Crippen LogP contribution in [0.1, 0.15) is 25.8 Å². The lowest BCUT2D eigenvalue weighted by molar-refractivity contribution is -0.132. The van der Waals surface area contributed by atoms with Gasteiger partial charge in [-0.15, -0.1) is 0 Å². The number of aliphatic carboxylic acids is 1. The van der Waals surface area contributed by atoms with E-state index < -0.39 is 5.97 Å². The van der Waals surface area contributed by atoms with Crippen LogP contribution in [0.2, 0.25) is 0 Å². The van der Waals surface area contributed by atoms with E-state index in [-0.39, 0.29) is 0 Å². The molecule has 0 saturated heterocycles. The van der Waals surface area contributed by atoms with E-state index in [4.69, 9.17) is 5.11 Å². The van der Waals surface area contributed by atoms with Crippen molar-refractivity contribution in [2.24, 2.45) is 0 Å². The van der Waals surface area contributed by atoms with Crippen molar-refractivity contribution < 1.29 is 9.90 Å². The van der Waals surface area contributed by atoms with Crippen molar-refractivity contribution in [3.05, 3.63) is 39.9 Å². The van der Waals surface area contributed by atoms with Gasteiger partial charge in [0.25, 0.3) is 0 Å². The van der Waals surface area contributed by atoms with Crippen molar-refractivity contribution >= 4 is 27.5 Å². The summed E-state index contributed by atoms with van der Waals surface area (Å²) < 4.78 is 0.926. The molecule has 0 heterocycles. The van der Waals surface area contributed by atoms with Gasteiger partial charge in [0.05, 0.1) is 0 Å². The van der Waals surface area contributed by atoms with Crippen LogP contribution in [-0.2, 0) is 4.79 Å². The van der Waals surface area contributed by atoms with Crippen molar-refractivity contribution in [1.29, 1.82) is 0 Å². The minimum absolute atomic E-state index is 0.460. The molecule has 3 heteroatoms. The molecule has 0 spiro atoms. The largest absolute Gasteiger partial charge is 0.478 e. The summed E-state index contributed by atoms with van der Waals surface area (Å²) >= 11 is 3.42. The fourth-order valence-corrected chi connectivity index (χ4v) is 2.09. The molecule has 1 rings (SSSR count). The third-order valence-corrected chi connectivity index (χ3v) is 3.03. The number of allylic oxidation sites excluding steroid dienone is 1. The Hall–Kier alpha value is -1.09. The standard InChI is InChI=1S/C12H13BrO2/c1-3-9(12(14)15)8(2)10-6-4-5-7-11(10)13/h4-7H,3H2,1-2H3,(H,14,15)/b9-8+. The third kappa shape index (κ3) is 2.69. The average Bonchev–Trinajstić information content (AvgIpc) is 2.18. The Morgan fingerprint density at radius 2 is 2.00 bits per heavy atom. The number of halogens is 1. The molecule has 0 aliphatic heterocycles. The third-order valence-electron chi connectivity index (χ3n) is 2.34. The smallest absolute Gasteiger partial charge is 0.331 e. The van der Waals surface area contributed by atoms with Gasteiger partial charge in [0.2, 0.25) is 0 Å². The SMILES string of the molecule is CC/C(C(=O)O)=C(/C)c1ccccc1Br. The van der Waals surface area contributed by atoms with Gasteiger partial charge in [-0.25, -0.2) is 4.79 Å². The maximum Gasteiger partial charge on any atom is 0.331 e. The molecular formula is C12H13BrO2. The highest BCUT2D eigenvalue weighted by molar-refractivity contribution is 9.10. The monoisotopic (exact) mass is 268 g/mol. The van der Waals surface area contributed by atoms with Crippen molar-refractivity contribution in [3.8, 4) is 0 Å². The van der Waals surface area contributed by atoms with Crippen LogP contribution < -0.4 is 0 Å². The van der Waals surface area contributed by atoms with Crippen LogP contribution >= 0.6 is 15.9 Å². The number of benzene rings is 1. The van der Waals surface area contributed by atoms with E-state index in [9.17, 15) is 4.79 Å². The van der Waals surface area contributed by atoms with Crippen molar-refractivity contribution in [1.82, 2.24) is 0 Å². The summed E-state index contributed by atoms with van der Waals surface area (Å²) in [5.41, 5.74) is 2.22. The lowest BCUT2D eigenvalue weighted by Gasteiger charge is -2.08. The number of carbonyl (C=O) groups is 1.